The highest BCUT2D eigenvalue weighted by atomic mass is 16.5. The Morgan fingerprint density at radius 2 is 2.00 bits per heavy atom. The van der Waals surface area contributed by atoms with Gasteiger partial charge in [0, 0.05) is 10.9 Å². The summed E-state index contributed by atoms with van der Waals surface area (Å²) in [5.74, 6) is 0.186. The number of carbonyl (C=O) groups excluding carboxylic acids is 1. The molecule has 0 aliphatic carbocycles. The third-order valence-electron chi connectivity index (χ3n) is 2.79. The van der Waals surface area contributed by atoms with Crippen molar-refractivity contribution in [3.05, 3.63) is 40.2 Å². The van der Waals surface area contributed by atoms with Gasteiger partial charge in [0.05, 0.1) is 12.6 Å². The van der Waals surface area contributed by atoms with Crippen LogP contribution in [0.1, 0.15) is 31.1 Å². The van der Waals surface area contributed by atoms with Crippen molar-refractivity contribution >= 4 is 16.8 Å². The van der Waals surface area contributed by atoms with Gasteiger partial charge in [0.15, 0.2) is 0 Å². The summed E-state index contributed by atoms with van der Waals surface area (Å²) >= 11 is 0. The van der Waals surface area contributed by atoms with E-state index in [2.05, 4.69) is 10.3 Å². The maximum atomic E-state index is 12.1. The van der Waals surface area contributed by atoms with E-state index in [1.165, 1.54) is 7.11 Å². The highest BCUT2D eigenvalue weighted by molar-refractivity contribution is 5.98. The molecule has 0 radical (unpaired) electrons. The van der Waals surface area contributed by atoms with Crippen molar-refractivity contribution in [3.8, 4) is 5.75 Å². The van der Waals surface area contributed by atoms with Crippen molar-refractivity contribution in [3.63, 3.8) is 0 Å². The van der Waals surface area contributed by atoms with Crippen molar-refractivity contribution in [2.45, 2.75) is 26.3 Å². The van der Waals surface area contributed by atoms with E-state index in [1.807, 2.05) is 32.9 Å². The van der Waals surface area contributed by atoms with Gasteiger partial charge >= 0.3 is 0 Å². The number of rotatable bonds is 2. The summed E-state index contributed by atoms with van der Waals surface area (Å²) in [7, 11) is 1.54. The Morgan fingerprint density at radius 1 is 1.30 bits per heavy atom. The summed E-state index contributed by atoms with van der Waals surface area (Å²) < 4.78 is 5.19. The van der Waals surface area contributed by atoms with Gasteiger partial charge in [-0.05, 0) is 32.9 Å². The predicted molar refractivity (Wildman–Crippen MR) is 78.3 cm³/mol. The van der Waals surface area contributed by atoms with Crippen LogP contribution in [0, 0.1) is 0 Å². The van der Waals surface area contributed by atoms with Gasteiger partial charge in [0.1, 0.15) is 11.3 Å². The Hall–Kier alpha value is -2.30. The third-order valence-corrected chi connectivity index (χ3v) is 2.79. The standard InChI is InChI=1S/C15H18N2O3/c1-15(2,3)17-14(19)10-8-9-6-5-7-11(20-4)12(9)16-13(10)18/h5-8H,1-4H3,(H,16,18)(H,17,19). The first kappa shape index (κ1) is 14.1. The lowest BCUT2D eigenvalue weighted by molar-refractivity contribution is 0.0918. The first-order chi connectivity index (χ1) is 9.31. The molecule has 1 aromatic heterocycles. The number of amides is 1. The highest BCUT2D eigenvalue weighted by Gasteiger charge is 2.18. The number of nitrogens with one attached hydrogen (secondary N) is 2. The normalized spacial score (nSPS) is 11.4. The summed E-state index contributed by atoms with van der Waals surface area (Å²) in [4.78, 5) is 26.9. The Morgan fingerprint density at radius 3 is 2.60 bits per heavy atom. The predicted octanol–water partition coefficient (Wildman–Crippen LogP) is 2.06. The molecule has 0 saturated carbocycles. The van der Waals surface area contributed by atoms with Gasteiger partial charge in [-0.2, -0.15) is 0 Å². The fraction of sp³-hybridized carbons (Fsp3) is 0.333. The molecule has 0 atom stereocenters. The largest absolute Gasteiger partial charge is 0.495 e. The van der Waals surface area contributed by atoms with Gasteiger partial charge in [0.2, 0.25) is 0 Å². The molecule has 5 nitrogen and oxygen atoms in total. The molecule has 1 heterocycles. The van der Waals surface area contributed by atoms with Crippen LogP contribution < -0.4 is 15.6 Å². The van der Waals surface area contributed by atoms with Gasteiger partial charge in [-0.15, -0.1) is 0 Å². The minimum Gasteiger partial charge on any atom is -0.495 e. The average Bonchev–Trinajstić information content (AvgIpc) is 2.35. The number of pyridine rings is 1. The Kier molecular flexibility index (Phi) is 3.53. The molecule has 0 saturated heterocycles. The van der Waals surface area contributed by atoms with E-state index in [9.17, 15) is 9.59 Å². The second kappa shape index (κ2) is 5.00. The Bertz CT molecular complexity index is 711. The number of hydrogen-bond acceptors (Lipinski definition) is 3. The van der Waals surface area contributed by atoms with E-state index in [4.69, 9.17) is 4.74 Å². The van der Waals surface area contributed by atoms with Gasteiger partial charge in [0.25, 0.3) is 11.5 Å². The number of ether oxygens (including phenoxy) is 1. The molecule has 2 aromatic rings. The van der Waals surface area contributed by atoms with E-state index >= 15 is 0 Å². The van der Waals surface area contributed by atoms with Gasteiger partial charge in [-0.1, -0.05) is 12.1 Å². The molecule has 0 unspecified atom stereocenters. The quantitative estimate of drug-likeness (QED) is 0.880. The number of fused-ring (bicyclic) bond motifs is 1. The van der Waals surface area contributed by atoms with Crippen molar-refractivity contribution in [1.29, 1.82) is 0 Å². The smallest absolute Gasteiger partial charge is 0.261 e. The first-order valence-electron chi connectivity index (χ1n) is 6.34. The zero-order chi connectivity index (χ0) is 14.9. The van der Waals surface area contributed by atoms with E-state index in [1.54, 1.807) is 12.1 Å². The fourth-order valence-corrected chi connectivity index (χ4v) is 1.95. The van der Waals surface area contributed by atoms with Crippen LogP contribution in [0.25, 0.3) is 10.9 Å². The molecular formula is C15H18N2O3. The van der Waals surface area contributed by atoms with Crippen LogP contribution in [0.2, 0.25) is 0 Å². The minimum atomic E-state index is -0.427. The van der Waals surface area contributed by atoms with Crippen molar-refractivity contribution in [1.82, 2.24) is 10.3 Å². The number of methoxy groups -OCH3 is 1. The molecule has 0 spiro atoms. The molecule has 1 aromatic carbocycles. The van der Waals surface area contributed by atoms with Crippen LogP contribution >= 0.6 is 0 Å². The number of hydrogen-bond donors (Lipinski definition) is 2. The van der Waals surface area contributed by atoms with Crippen molar-refractivity contribution < 1.29 is 9.53 Å². The maximum absolute atomic E-state index is 12.1. The van der Waals surface area contributed by atoms with E-state index in [0.29, 0.717) is 11.3 Å². The van der Waals surface area contributed by atoms with Gasteiger partial charge < -0.3 is 15.0 Å². The Labute approximate surface area is 117 Å². The molecule has 1 amide bonds. The molecule has 2 rings (SSSR count). The SMILES string of the molecule is COc1cccc2cc(C(=O)NC(C)(C)C)c(=O)[nH]c12. The number of benzene rings is 1. The molecule has 0 fully saturated rings. The number of aromatic nitrogens is 1. The van der Waals surface area contributed by atoms with Crippen LogP contribution in [0.3, 0.4) is 0 Å². The molecule has 20 heavy (non-hydrogen) atoms. The van der Waals surface area contributed by atoms with Crippen molar-refractivity contribution in [2.24, 2.45) is 0 Å². The number of carbonyl (C=O) groups is 1. The van der Waals surface area contributed by atoms with E-state index in [0.717, 1.165) is 5.39 Å². The summed E-state index contributed by atoms with van der Waals surface area (Å²) in [5, 5.41) is 3.53. The van der Waals surface area contributed by atoms with Crippen LogP contribution in [0.4, 0.5) is 0 Å². The summed E-state index contributed by atoms with van der Waals surface area (Å²) in [5.41, 5.74) is -0.135. The molecule has 5 heteroatoms. The molecule has 106 valence electrons. The summed E-state index contributed by atoms with van der Waals surface area (Å²) in [6.07, 6.45) is 0. The second-order valence-corrected chi connectivity index (χ2v) is 5.64. The van der Waals surface area contributed by atoms with Crippen molar-refractivity contribution in [2.75, 3.05) is 7.11 Å². The fourth-order valence-electron chi connectivity index (χ4n) is 1.95. The van der Waals surface area contributed by atoms with Crippen LogP contribution in [-0.4, -0.2) is 23.5 Å². The summed E-state index contributed by atoms with van der Waals surface area (Å²) in [6.45, 7) is 5.59. The lowest BCUT2D eigenvalue weighted by Gasteiger charge is -2.20. The van der Waals surface area contributed by atoms with Crippen LogP contribution in [0.5, 0.6) is 5.75 Å². The lowest BCUT2D eigenvalue weighted by Crippen LogP contribution is -2.42. The molecular weight excluding hydrogens is 256 g/mol. The number of H-pyrrole nitrogens is 1. The monoisotopic (exact) mass is 274 g/mol. The number of para-hydroxylation sites is 1. The van der Waals surface area contributed by atoms with E-state index in [-0.39, 0.29) is 11.5 Å². The third kappa shape index (κ3) is 2.82. The topological polar surface area (TPSA) is 71.2 Å². The average molecular weight is 274 g/mol. The first-order valence-corrected chi connectivity index (χ1v) is 6.34. The van der Waals surface area contributed by atoms with E-state index < -0.39 is 11.1 Å². The molecule has 2 N–H and O–H groups in total. The van der Waals surface area contributed by atoms with Gasteiger partial charge in [-0.25, -0.2) is 0 Å². The molecule has 0 aliphatic heterocycles. The second-order valence-electron chi connectivity index (χ2n) is 5.64. The zero-order valence-corrected chi connectivity index (χ0v) is 12.0. The Balaban J connectivity index is 2.54. The zero-order valence-electron chi connectivity index (χ0n) is 12.0. The molecule has 0 aliphatic rings. The lowest BCUT2D eigenvalue weighted by atomic mass is 10.1. The van der Waals surface area contributed by atoms with Crippen LogP contribution in [-0.2, 0) is 0 Å². The maximum Gasteiger partial charge on any atom is 0.261 e. The molecule has 0 bridgehead atoms. The number of aromatic amines is 1. The minimum absolute atomic E-state index is 0.0979. The summed E-state index contributed by atoms with van der Waals surface area (Å²) in [6, 6.07) is 6.97. The highest BCUT2D eigenvalue weighted by Crippen LogP contribution is 2.22. The van der Waals surface area contributed by atoms with Crippen LogP contribution in [0.15, 0.2) is 29.1 Å². The van der Waals surface area contributed by atoms with Gasteiger partial charge in [-0.3, -0.25) is 9.59 Å².